The largest absolute Gasteiger partial charge is 0.508 e. The third-order valence-electron chi connectivity index (χ3n) is 2.25. The maximum Gasteiger partial charge on any atom is 0.120 e. The van der Waals surface area contributed by atoms with Gasteiger partial charge in [-0.1, -0.05) is 22.0 Å². The molecule has 0 aliphatic heterocycles. The number of phenols is 1. The Morgan fingerprint density at radius 2 is 1.89 bits per heavy atom. The van der Waals surface area contributed by atoms with Crippen LogP contribution in [0.2, 0.25) is 0 Å². The van der Waals surface area contributed by atoms with Gasteiger partial charge in [0.25, 0.3) is 0 Å². The highest BCUT2D eigenvalue weighted by atomic mass is 79.9. The highest BCUT2D eigenvalue weighted by molar-refractivity contribution is 9.10. The molecule has 0 atom stereocenters. The fourth-order valence-electron chi connectivity index (χ4n) is 1.42. The first kappa shape index (κ1) is 13.3. The summed E-state index contributed by atoms with van der Waals surface area (Å²) in [4.78, 5) is 1.13. The van der Waals surface area contributed by atoms with E-state index in [1.807, 2.05) is 36.4 Å². The van der Waals surface area contributed by atoms with Gasteiger partial charge in [-0.2, -0.15) is 0 Å². The van der Waals surface area contributed by atoms with Crippen LogP contribution in [-0.4, -0.2) is 17.5 Å². The molecule has 0 aromatic heterocycles. The van der Waals surface area contributed by atoms with Crippen molar-refractivity contribution in [2.75, 3.05) is 12.4 Å². The molecule has 0 heterocycles. The van der Waals surface area contributed by atoms with Crippen LogP contribution >= 0.6 is 27.7 Å². The maximum absolute atomic E-state index is 9.16. The number of hydrogen-bond acceptors (Lipinski definition) is 3. The standard InChI is InChI=1S/C14H13BrO2S/c15-11-2-1-3-13(10-11)17-8-9-18-14-6-4-12(16)5-7-14/h1-7,10,16H,8-9H2. The van der Waals surface area contributed by atoms with Crippen LogP contribution in [0.25, 0.3) is 0 Å². The summed E-state index contributed by atoms with van der Waals surface area (Å²) in [6.45, 7) is 0.655. The Morgan fingerprint density at radius 1 is 1.11 bits per heavy atom. The predicted molar refractivity (Wildman–Crippen MR) is 78.5 cm³/mol. The minimum absolute atomic E-state index is 0.296. The number of benzene rings is 2. The second-order valence-electron chi connectivity index (χ2n) is 3.65. The van der Waals surface area contributed by atoms with Crippen molar-refractivity contribution in [1.82, 2.24) is 0 Å². The summed E-state index contributed by atoms with van der Waals surface area (Å²) >= 11 is 5.11. The van der Waals surface area contributed by atoms with Gasteiger partial charge >= 0.3 is 0 Å². The Balaban J connectivity index is 1.74. The third-order valence-corrected chi connectivity index (χ3v) is 3.72. The monoisotopic (exact) mass is 324 g/mol. The van der Waals surface area contributed by atoms with Crippen molar-refractivity contribution in [3.8, 4) is 11.5 Å². The van der Waals surface area contributed by atoms with Gasteiger partial charge in [0.15, 0.2) is 0 Å². The molecule has 1 N–H and O–H groups in total. The number of rotatable bonds is 5. The Hall–Kier alpha value is -1.13. The molecule has 0 amide bonds. The Kier molecular flexibility index (Phi) is 4.96. The molecule has 2 aromatic rings. The minimum Gasteiger partial charge on any atom is -0.508 e. The zero-order chi connectivity index (χ0) is 12.8. The molecule has 0 spiro atoms. The van der Waals surface area contributed by atoms with Crippen LogP contribution < -0.4 is 4.74 Å². The van der Waals surface area contributed by atoms with Crippen molar-refractivity contribution in [3.63, 3.8) is 0 Å². The van der Waals surface area contributed by atoms with Gasteiger partial charge in [0.1, 0.15) is 11.5 Å². The number of ether oxygens (including phenoxy) is 1. The average molecular weight is 325 g/mol. The molecule has 0 unspecified atom stereocenters. The van der Waals surface area contributed by atoms with Gasteiger partial charge in [0.05, 0.1) is 6.61 Å². The van der Waals surface area contributed by atoms with Crippen molar-refractivity contribution in [2.24, 2.45) is 0 Å². The zero-order valence-corrected chi connectivity index (χ0v) is 12.1. The quantitative estimate of drug-likeness (QED) is 0.655. The molecule has 0 saturated carbocycles. The van der Waals surface area contributed by atoms with Crippen molar-refractivity contribution < 1.29 is 9.84 Å². The Bertz CT molecular complexity index is 499. The lowest BCUT2D eigenvalue weighted by Crippen LogP contribution is -1.99. The van der Waals surface area contributed by atoms with E-state index in [2.05, 4.69) is 15.9 Å². The van der Waals surface area contributed by atoms with Crippen molar-refractivity contribution in [1.29, 1.82) is 0 Å². The molecule has 2 rings (SSSR count). The van der Waals surface area contributed by atoms with E-state index < -0.39 is 0 Å². The smallest absolute Gasteiger partial charge is 0.120 e. The lowest BCUT2D eigenvalue weighted by Gasteiger charge is -2.06. The van der Waals surface area contributed by atoms with Crippen molar-refractivity contribution in [2.45, 2.75) is 4.90 Å². The zero-order valence-electron chi connectivity index (χ0n) is 9.67. The summed E-state index contributed by atoms with van der Waals surface area (Å²) in [6.07, 6.45) is 0. The van der Waals surface area contributed by atoms with E-state index in [4.69, 9.17) is 9.84 Å². The van der Waals surface area contributed by atoms with Gasteiger partial charge in [-0.05, 0) is 42.5 Å². The summed E-state index contributed by atoms with van der Waals surface area (Å²) in [7, 11) is 0. The molecule has 0 aliphatic carbocycles. The molecule has 2 aromatic carbocycles. The van der Waals surface area contributed by atoms with E-state index in [-0.39, 0.29) is 0 Å². The highest BCUT2D eigenvalue weighted by Crippen LogP contribution is 2.21. The van der Waals surface area contributed by atoms with E-state index >= 15 is 0 Å². The fourth-order valence-corrected chi connectivity index (χ4v) is 2.53. The summed E-state index contributed by atoms with van der Waals surface area (Å²) < 4.78 is 6.65. The molecule has 0 fully saturated rings. The fraction of sp³-hybridized carbons (Fsp3) is 0.143. The van der Waals surface area contributed by atoms with E-state index in [9.17, 15) is 0 Å². The third kappa shape index (κ3) is 4.27. The summed E-state index contributed by atoms with van der Waals surface area (Å²) in [5.74, 6) is 2.04. The first-order valence-electron chi connectivity index (χ1n) is 5.54. The Labute approximate surface area is 119 Å². The normalized spacial score (nSPS) is 10.3. The lowest BCUT2D eigenvalue weighted by atomic mass is 10.3. The number of hydrogen-bond donors (Lipinski definition) is 1. The first-order chi connectivity index (χ1) is 8.74. The topological polar surface area (TPSA) is 29.5 Å². The SMILES string of the molecule is Oc1ccc(SCCOc2cccc(Br)c2)cc1. The molecule has 18 heavy (non-hydrogen) atoms. The summed E-state index contributed by atoms with van der Waals surface area (Å²) in [5.41, 5.74) is 0. The van der Waals surface area contributed by atoms with Crippen LogP contribution in [0.5, 0.6) is 11.5 Å². The number of thioether (sulfide) groups is 1. The van der Waals surface area contributed by atoms with Crippen molar-refractivity contribution in [3.05, 3.63) is 53.0 Å². The lowest BCUT2D eigenvalue weighted by molar-refractivity contribution is 0.344. The highest BCUT2D eigenvalue weighted by Gasteiger charge is 1.97. The predicted octanol–water partition coefficient (Wildman–Crippen LogP) is 4.33. The first-order valence-corrected chi connectivity index (χ1v) is 7.32. The van der Waals surface area contributed by atoms with E-state index in [0.717, 1.165) is 20.9 Å². The second-order valence-corrected chi connectivity index (χ2v) is 5.73. The molecule has 0 aliphatic rings. The van der Waals surface area contributed by atoms with Crippen molar-refractivity contribution >= 4 is 27.7 Å². The van der Waals surface area contributed by atoms with E-state index in [0.29, 0.717) is 12.4 Å². The molecule has 2 nitrogen and oxygen atoms in total. The molecular weight excluding hydrogens is 312 g/mol. The summed E-state index contributed by atoms with van der Waals surface area (Å²) in [5, 5.41) is 9.16. The molecule has 0 bridgehead atoms. The van der Waals surface area contributed by atoms with E-state index in [1.54, 1.807) is 23.9 Å². The molecule has 0 saturated heterocycles. The van der Waals surface area contributed by atoms with Gasteiger partial charge < -0.3 is 9.84 Å². The summed E-state index contributed by atoms with van der Waals surface area (Å²) in [6, 6.07) is 15.0. The maximum atomic E-state index is 9.16. The molecular formula is C14H13BrO2S. The second kappa shape index (κ2) is 6.71. The van der Waals surface area contributed by atoms with Crippen LogP contribution in [0.3, 0.4) is 0 Å². The van der Waals surface area contributed by atoms with Crippen LogP contribution in [0.1, 0.15) is 0 Å². The molecule has 4 heteroatoms. The van der Waals surface area contributed by atoms with Crippen LogP contribution in [0, 0.1) is 0 Å². The number of aromatic hydroxyl groups is 1. The van der Waals surface area contributed by atoms with Gasteiger partial charge in [-0.15, -0.1) is 11.8 Å². The van der Waals surface area contributed by atoms with Gasteiger partial charge in [0, 0.05) is 15.1 Å². The van der Waals surface area contributed by atoms with Gasteiger partial charge in [0.2, 0.25) is 0 Å². The van der Waals surface area contributed by atoms with Crippen LogP contribution in [0.4, 0.5) is 0 Å². The molecule has 0 radical (unpaired) electrons. The molecule has 94 valence electrons. The van der Waals surface area contributed by atoms with Gasteiger partial charge in [-0.3, -0.25) is 0 Å². The van der Waals surface area contributed by atoms with Gasteiger partial charge in [-0.25, -0.2) is 0 Å². The Morgan fingerprint density at radius 3 is 2.61 bits per heavy atom. The minimum atomic E-state index is 0.296. The van der Waals surface area contributed by atoms with Crippen LogP contribution in [0.15, 0.2) is 57.9 Å². The number of halogens is 1. The number of phenolic OH excluding ortho intramolecular Hbond substituents is 1. The van der Waals surface area contributed by atoms with Crippen LogP contribution in [-0.2, 0) is 0 Å². The average Bonchev–Trinajstić information content (AvgIpc) is 2.37. The van der Waals surface area contributed by atoms with E-state index in [1.165, 1.54) is 0 Å².